The normalized spacial score (nSPS) is 44.3. The molecule has 7 atom stereocenters. The first-order valence-corrected chi connectivity index (χ1v) is 12.8. The van der Waals surface area contributed by atoms with Crippen molar-refractivity contribution < 1.29 is 32.8 Å². The number of hydrogen-bond acceptors (Lipinski definition) is 7. The van der Waals surface area contributed by atoms with Crippen LogP contribution in [0.4, 0.5) is 0 Å². The minimum Gasteiger partial charge on any atom is -0.408 e. The molecule has 28 heavy (non-hydrogen) atoms. The summed E-state index contributed by atoms with van der Waals surface area (Å²) in [6.45, 7) is 19.1. The molecule has 1 aliphatic carbocycles. The first-order chi connectivity index (χ1) is 12.8. The smallest absolute Gasteiger partial charge is 0.220 e. The zero-order valence-corrected chi connectivity index (χ0v) is 19.7. The Kier molecular flexibility index (Phi) is 5.69. The quantitative estimate of drug-likeness (QED) is 0.515. The Morgan fingerprint density at radius 1 is 0.964 bits per heavy atom. The molecule has 0 spiro atoms. The van der Waals surface area contributed by atoms with Crippen molar-refractivity contribution in [3.63, 3.8) is 0 Å². The molecule has 1 saturated carbocycles. The molecule has 162 valence electrons. The van der Waals surface area contributed by atoms with Gasteiger partial charge in [-0.05, 0) is 37.6 Å². The maximum Gasteiger partial charge on any atom is 0.220 e. The molecule has 7 nitrogen and oxygen atoms in total. The molecule has 0 radical (unpaired) electrons. The number of methoxy groups -OCH3 is 2. The largest absolute Gasteiger partial charge is 0.408 e. The second kappa shape index (κ2) is 7.13. The zero-order valence-electron chi connectivity index (χ0n) is 18.7. The Hall–Kier alpha value is -0.323. The fourth-order valence-corrected chi connectivity index (χ4v) is 5.11. The maximum atomic E-state index is 6.80. The molecule has 3 fully saturated rings. The summed E-state index contributed by atoms with van der Waals surface area (Å²) < 4.78 is 42.9. The Morgan fingerprint density at radius 2 is 1.46 bits per heavy atom. The summed E-state index contributed by atoms with van der Waals surface area (Å²) in [7, 11) is 1.04. The Morgan fingerprint density at radius 3 is 1.96 bits per heavy atom. The van der Waals surface area contributed by atoms with Crippen LogP contribution >= 0.6 is 0 Å². The summed E-state index contributed by atoms with van der Waals surface area (Å²) in [5.74, 6) is -2.23. The Balaban J connectivity index is 2.01. The summed E-state index contributed by atoms with van der Waals surface area (Å²) in [5, 5.41) is 0.0347. The van der Waals surface area contributed by atoms with Crippen LogP contribution in [0.2, 0.25) is 18.1 Å². The molecule has 0 unspecified atom stereocenters. The van der Waals surface area contributed by atoms with Crippen molar-refractivity contribution in [2.24, 2.45) is 0 Å². The van der Waals surface area contributed by atoms with Gasteiger partial charge in [-0.25, -0.2) is 0 Å². The monoisotopic (exact) mass is 416 g/mol. The van der Waals surface area contributed by atoms with E-state index in [4.69, 9.17) is 32.8 Å². The molecule has 0 N–H and O–H groups in total. The van der Waals surface area contributed by atoms with Crippen LogP contribution in [-0.2, 0) is 32.8 Å². The number of ether oxygens (including phenoxy) is 6. The minimum absolute atomic E-state index is 0.0347. The van der Waals surface area contributed by atoms with E-state index in [0.717, 1.165) is 5.57 Å². The summed E-state index contributed by atoms with van der Waals surface area (Å²) in [6, 6.07) is 0. The van der Waals surface area contributed by atoms with Gasteiger partial charge in [0, 0.05) is 14.2 Å². The van der Waals surface area contributed by atoms with Gasteiger partial charge in [0.1, 0.15) is 37.3 Å². The highest BCUT2D eigenvalue weighted by Crippen LogP contribution is 2.49. The van der Waals surface area contributed by atoms with Gasteiger partial charge in [0.2, 0.25) is 11.6 Å². The van der Waals surface area contributed by atoms with Crippen molar-refractivity contribution in [1.29, 1.82) is 0 Å². The average Bonchev–Trinajstić information content (AvgIpc) is 2.60. The first-order valence-electron chi connectivity index (χ1n) is 9.86. The third kappa shape index (κ3) is 3.32. The van der Waals surface area contributed by atoms with E-state index in [1.807, 2.05) is 13.8 Å². The lowest BCUT2D eigenvalue weighted by Crippen LogP contribution is -2.74. The van der Waals surface area contributed by atoms with Crippen LogP contribution in [0, 0.1) is 0 Å². The second-order valence-electron chi connectivity index (χ2n) is 9.67. The van der Waals surface area contributed by atoms with Crippen LogP contribution in [0.1, 0.15) is 34.6 Å². The minimum atomic E-state index is -2.12. The van der Waals surface area contributed by atoms with Crippen molar-refractivity contribution in [1.82, 2.24) is 0 Å². The molecule has 0 amide bonds. The topological polar surface area (TPSA) is 64.6 Å². The van der Waals surface area contributed by atoms with Crippen LogP contribution in [-0.4, -0.2) is 71.4 Å². The van der Waals surface area contributed by atoms with Crippen molar-refractivity contribution in [2.75, 3.05) is 21.0 Å². The predicted molar refractivity (Wildman–Crippen MR) is 106 cm³/mol. The second-order valence-corrected chi connectivity index (χ2v) is 14.4. The van der Waals surface area contributed by atoms with Gasteiger partial charge >= 0.3 is 0 Å². The molecular formula is C20H36O7Si. The van der Waals surface area contributed by atoms with Gasteiger partial charge in [0.25, 0.3) is 0 Å². The summed E-state index contributed by atoms with van der Waals surface area (Å²) in [4.78, 5) is 0. The lowest BCUT2D eigenvalue weighted by Gasteiger charge is -2.59. The Labute approximate surface area is 169 Å². The fourth-order valence-electron chi connectivity index (χ4n) is 3.81. The molecule has 0 aromatic carbocycles. The van der Waals surface area contributed by atoms with E-state index in [9.17, 15) is 0 Å². The molecule has 3 aliphatic rings. The van der Waals surface area contributed by atoms with E-state index in [1.54, 1.807) is 14.2 Å². The highest BCUT2D eigenvalue weighted by atomic mass is 28.4. The predicted octanol–water partition coefficient (Wildman–Crippen LogP) is 3.20. The standard InChI is InChI=1S/C20H36O7Si/c1-12-13-15-16(26-20(6,22-8)19(5,21-7)25-15)17(14(12)24-11-23-13)27-28(9,10)18(2,3)4/h13-17H,1,11H2,2-10H3/t13-,14+,15-,16+,17+,19+,20+/m1/s1. The molecule has 2 aliphatic heterocycles. The van der Waals surface area contributed by atoms with Crippen molar-refractivity contribution >= 4 is 8.32 Å². The summed E-state index contributed by atoms with van der Waals surface area (Å²) >= 11 is 0. The molecule has 0 aromatic rings. The number of hydrogen-bond donors (Lipinski definition) is 0. The number of fused-ring (bicyclic) bond motifs is 4. The van der Waals surface area contributed by atoms with Crippen LogP contribution in [0.5, 0.6) is 0 Å². The highest BCUT2D eigenvalue weighted by molar-refractivity contribution is 6.74. The van der Waals surface area contributed by atoms with Gasteiger partial charge in [-0.3, -0.25) is 0 Å². The van der Waals surface area contributed by atoms with Crippen molar-refractivity contribution in [3.05, 3.63) is 12.2 Å². The van der Waals surface area contributed by atoms with E-state index < -0.39 is 32.1 Å². The lowest BCUT2D eigenvalue weighted by atomic mass is 9.81. The van der Waals surface area contributed by atoms with Crippen molar-refractivity contribution in [2.45, 2.75) is 94.8 Å². The van der Waals surface area contributed by atoms with Gasteiger partial charge in [0.05, 0.1) is 0 Å². The lowest BCUT2D eigenvalue weighted by molar-refractivity contribution is -0.469. The molecule has 2 bridgehead atoms. The molecule has 0 aromatic heterocycles. The fraction of sp³-hybridized carbons (Fsp3) is 0.900. The van der Waals surface area contributed by atoms with E-state index in [2.05, 4.69) is 40.4 Å². The van der Waals surface area contributed by atoms with Gasteiger partial charge in [0.15, 0.2) is 8.32 Å². The van der Waals surface area contributed by atoms with Gasteiger partial charge in [-0.2, -0.15) is 0 Å². The highest BCUT2D eigenvalue weighted by Gasteiger charge is 2.65. The molecule has 3 rings (SSSR count). The summed E-state index contributed by atoms with van der Waals surface area (Å²) in [6.07, 6.45) is -1.90. The average molecular weight is 417 g/mol. The first kappa shape index (κ1) is 22.4. The molecule has 2 heterocycles. The third-order valence-electron chi connectivity index (χ3n) is 7.03. The van der Waals surface area contributed by atoms with Crippen LogP contribution in [0.15, 0.2) is 12.2 Å². The van der Waals surface area contributed by atoms with Crippen LogP contribution in [0.25, 0.3) is 0 Å². The SMILES string of the molecule is C=C1[C@H]2OCO[C@@H]1[C@H](O[Si](C)(C)C(C)(C)C)[C@H]1O[C@](C)(OC)[C@@](C)(OC)O[C@@H]12. The number of rotatable bonds is 4. The van der Waals surface area contributed by atoms with E-state index >= 15 is 0 Å². The van der Waals surface area contributed by atoms with Crippen molar-refractivity contribution in [3.8, 4) is 0 Å². The molecule has 2 saturated heterocycles. The van der Waals surface area contributed by atoms with Gasteiger partial charge in [-0.15, -0.1) is 0 Å². The Bertz CT molecular complexity index is 618. The van der Waals surface area contributed by atoms with E-state index in [1.165, 1.54) is 0 Å². The zero-order chi connectivity index (χ0) is 21.1. The van der Waals surface area contributed by atoms with E-state index in [0.29, 0.717) is 0 Å². The maximum absolute atomic E-state index is 6.80. The third-order valence-corrected chi connectivity index (χ3v) is 11.5. The molecule has 8 heteroatoms. The van der Waals surface area contributed by atoms with Crippen LogP contribution < -0.4 is 0 Å². The van der Waals surface area contributed by atoms with E-state index in [-0.39, 0.29) is 30.1 Å². The van der Waals surface area contributed by atoms with Gasteiger partial charge in [-0.1, -0.05) is 27.4 Å². The summed E-state index contributed by atoms with van der Waals surface area (Å²) in [5.41, 5.74) is 0.819. The molecular weight excluding hydrogens is 380 g/mol. The van der Waals surface area contributed by atoms with Gasteiger partial charge < -0.3 is 32.8 Å². The van der Waals surface area contributed by atoms with Crippen LogP contribution in [0.3, 0.4) is 0 Å².